The van der Waals surface area contributed by atoms with Gasteiger partial charge in [0, 0.05) is 58.3 Å². The zero-order valence-corrected chi connectivity index (χ0v) is 20.4. The molecule has 1 saturated carbocycles. The van der Waals surface area contributed by atoms with Crippen molar-refractivity contribution >= 4 is 35.8 Å². The largest absolute Gasteiger partial charge is 0.355 e. The minimum Gasteiger partial charge on any atom is -0.355 e. The van der Waals surface area contributed by atoms with E-state index >= 15 is 0 Å². The summed E-state index contributed by atoms with van der Waals surface area (Å²) in [6, 6.07) is 9.06. The number of benzene rings is 1. The van der Waals surface area contributed by atoms with Gasteiger partial charge in [-0.25, -0.2) is 0 Å². The third-order valence-electron chi connectivity index (χ3n) is 6.70. The van der Waals surface area contributed by atoms with E-state index in [1.807, 2.05) is 7.05 Å². The van der Waals surface area contributed by atoms with Gasteiger partial charge in [-0.2, -0.15) is 0 Å². The Balaban J connectivity index is 0.00000256. The Morgan fingerprint density at radius 1 is 1.13 bits per heavy atom. The van der Waals surface area contributed by atoms with Gasteiger partial charge < -0.3 is 15.5 Å². The van der Waals surface area contributed by atoms with Crippen LogP contribution in [0.1, 0.15) is 43.2 Å². The summed E-state index contributed by atoms with van der Waals surface area (Å²) in [6.45, 7) is 5.71. The lowest BCUT2D eigenvalue weighted by molar-refractivity contribution is -0.134. The molecule has 1 aromatic carbocycles. The van der Waals surface area contributed by atoms with Crippen LogP contribution in [-0.4, -0.2) is 67.5 Å². The van der Waals surface area contributed by atoms with Crippen LogP contribution in [0.4, 0.5) is 0 Å². The second kappa shape index (κ2) is 11.3. The van der Waals surface area contributed by atoms with Crippen LogP contribution >= 0.6 is 24.0 Å². The van der Waals surface area contributed by atoms with Gasteiger partial charge in [0.05, 0.1) is 0 Å². The molecule has 1 amide bonds. The molecule has 6 nitrogen and oxygen atoms in total. The van der Waals surface area contributed by atoms with Gasteiger partial charge in [0.25, 0.3) is 0 Å². The maximum Gasteiger partial charge on any atom is 0.225 e. The predicted octanol–water partition coefficient (Wildman–Crippen LogP) is 2.62. The van der Waals surface area contributed by atoms with E-state index in [9.17, 15) is 4.79 Å². The summed E-state index contributed by atoms with van der Waals surface area (Å²) in [5, 5.41) is 6.98. The van der Waals surface area contributed by atoms with E-state index < -0.39 is 0 Å². The molecule has 3 aliphatic rings. The minimum absolute atomic E-state index is 0. The first-order valence-corrected chi connectivity index (χ1v) is 11.3. The number of carbonyl (C=O) groups is 1. The van der Waals surface area contributed by atoms with Gasteiger partial charge in [0.2, 0.25) is 5.91 Å². The van der Waals surface area contributed by atoms with Gasteiger partial charge in [0.1, 0.15) is 0 Å². The summed E-state index contributed by atoms with van der Waals surface area (Å²) in [5.41, 5.74) is 2.95. The Kier molecular flexibility index (Phi) is 8.80. The van der Waals surface area contributed by atoms with Crippen molar-refractivity contribution in [2.24, 2.45) is 10.9 Å². The summed E-state index contributed by atoms with van der Waals surface area (Å²) in [4.78, 5) is 21.6. The summed E-state index contributed by atoms with van der Waals surface area (Å²) < 4.78 is 0. The maximum absolute atomic E-state index is 12.6. The molecular formula is C23H36IN5O. The monoisotopic (exact) mass is 525 g/mol. The number of nitrogens with one attached hydrogen (secondary N) is 2. The lowest BCUT2D eigenvalue weighted by Gasteiger charge is -2.29. The van der Waals surface area contributed by atoms with Gasteiger partial charge in [0.15, 0.2) is 5.96 Å². The van der Waals surface area contributed by atoms with Crippen molar-refractivity contribution < 1.29 is 4.79 Å². The number of guanidine groups is 1. The highest BCUT2D eigenvalue weighted by Crippen LogP contribution is 2.27. The zero-order valence-electron chi connectivity index (χ0n) is 18.1. The first-order valence-electron chi connectivity index (χ1n) is 11.3. The first kappa shape index (κ1) is 23.3. The predicted molar refractivity (Wildman–Crippen MR) is 132 cm³/mol. The smallest absolute Gasteiger partial charge is 0.225 e. The van der Waals surface area contributed by atoms with E-state index in [2.05, 4.69) is 49.7 Å². The average Bonchev–Trinajstić information content (AvgIpc) is 3.45. The fourth-order valence-corrected chi connectivity index (χ4v) is 4.97. The molecule has 1 aliphatic carbocycles. The highest BCUT2D eigenvalue weighted by atomic mass is 127. The molecule has 1 aromatic rings. The summed E-state index contributed by atoms with van der Waals surface area (Å²) >= 11 is 0. The Hall–Kier alpha value is -1.35. The van der Waals surface area contributed by atoms with Crippen molar-refractivity contribution in [1.29, 1.82) is 0 Å². The number of likely N-dealkylation sites (tertiary alicyclic amines) is 1. The van der Waals surface area contributed by atoms with Crippen LogP contribution in [0.25, 0.3) is 0 Å². The Labute approximate surface area is 197 Å². The summed E-state index contributed by atoms with van der Waals surface area (Å²) in [5.74, 6) is 1.50. The molecule has 4 rings (SSSR count). The molecule has 2 fully saturated rings. The van der Waals surface area contributed by atoms with Gasteiger partial charge >= 0.3 is 0 Å². The van der Waals surface area contributed by atoms with Gasteiger partial charge in [-0.1, -0.05) is 37.1 Å². The maximum atomic E-state index is 12.6. The quantitative estimate of drug-likeness (QED) is 0.353. The van der Waals surface area contributed by atoms with Crippen LogP contribution in [0.5, 0.6) is 0 Å². The van der Waals surface area contributed by atoms with Crippen molar-refractivity contribution in [3.8, 4) is 0 Å². The standard InChI is InChI=1S/C23H35N5O.HI/c1-24-23(25-12-15-27-13-10-18-6-2-5-9-20(18)16-27)26-21-11-14-28(17-21)22(29)19-7-3-4-8-19;/h2,5-6,9,19,21H,3-4,7-8,10-17H2,1H3,(H2,24,25,26);1H. The van der Waals surface area contributed by atoms with Crippen LogP contribution < -0.4 is 10.6 Å². The van der Waals surface area contributed by atoms with Crippen molar-refractivity contribution in [3.63, 3.8) is 0 Å². The van der Waals surface area contributed by atoms with Crippen molar-refractivity contribution in [1.82, 2.24) is 20.4 Å². The lowest BCUT2D eigenvalue weighted by Crippen LogP contribution is -2.47. The van der Waals surface area contributed by atoms with E-state index in [1.165, 1.54) is 24.0 Å². The Bertz CT molecular complexity index is 734. The topological polar surface area (TPSA) is 60.0 Å². The highest BCUT2D eigenvalue weighted by Gasteiger charge is 2.32. The summed E-state index contributed by atoms with van der Waals surface area (Å²) in [6.07, 6.45) is 6.73. The lowest BCUT2D eigenvalue weighted by atomic mass is 10.00. The summed E-state index contributed by atoms with van der Waals surface area (Å²) in [7, 11) is 1.82. The molecule has 2 N–H and O–H groups in total. The van der Waals surface area contributed by atoms with Crippen LogP contribution in [-0.2, 0) is 17.8 Å². The number of amides is 1. The molecule has 0 spiro atoms. The fourth-order valence-electron chi connectivity index (χ4n) is 4.97. The first-order chi connectivity index (χ1) is 14.2. The van der Waals surface area contributed by atoms with Gasteiger partial charge in [-0.05, 0) is 36.8 Å². The molecule has 0 radical (unpaired) electrons. The zero-order chi connectivity index (χ0) is 20.1. The fraction of sp³-hybridized carbons (Fsp3) is 0.652. The number of nitrogens with zero attached hydrogens (tertiary/aromatic N) is 3. The number of aliphatic imine (C=N–C) groups is 1. The third-order valence-corrected chi connectivity index (χ3v) is 6.70. The molecule has 0 bridgehead atoms. The van der Waals surface area contributed by atoms with Crippen molar-refractivity contribution in [3.05, 3.63) is 35.4 Å². The Morgan fingerprint density at radius 2 is 1.90 bits per heavy atom. The van der Waals surface area contributed by atoms with E-state index in [4.69, 9.17) is 0 Å². The van der Waals surface area contributed by atoms with E-state index in [0.29, 0.717) is 11.9 Å². The highest BCUT2D eigenvalue weighted by molar-refractivity contribution is 14.0. The molecular weight excluding hydrogens is 489 g/mol. The molecule has 0 aromatic heterocycles. The van der Waals surface area contributed by atoms with E-state index in [-0.39, 0.29) is 29.9 Å². The van der Waals surface area contributed by atoms with Crippen LogP contribution in [0.15, 0.2) is 29.3 Å². The third kappa shape index (κ3) is 5.87. The van der Waals surface area contributed by atoms with Crippen molar-refractivity contribution in [2.75, 3.05) is 39.8 Å². The van der Waals surface area contributed by atoms with Gasteiger partial charge in [-0.3, -0.25) is 14.7 Å². The molecule has 166 valence electrons. The second-order valence-electron chi connectivity index (χ2n) is 8.69. The molecule has 30 heavy (non-hydrogen) atoms. The average molecular weight is 525 g/mol. The second-order valence-corrected chi connectivity index (χ2v) is 8.69. The SMILES string of the molecule is CN=C(NCCN1CCc2ccccc2C1)NC1CCN(C(=O)C2CCCC2)C1.I. The number of rotatable bonds is 5. The molecule has 2 aliphatic heterocycles. The molecule has 1 saturated heterocycles. The molecule has 2 heterocycles. The van der Waals surface area contributed by atoms with Gasteiger partial charge in [-0.15, -0.1) is 24.0 Å². The van der Waals surface area contributed by atoms with Crippen LogP contribution in [0, 0.1) is 5.92 Å². The van der Waals surface area contributed by atoms with E-state index in [1.54, 1.807) is 0 Å². The number of halogens is 1. The molecule has 1 unspecified atom stereocenters. The van der Waals surface area contributed by atoms with Crippen LogP contribution in [0.3, 0.4) is 0 Å². The van der Waals surface area contributed by atoms with Crippen LogP contribution in [0.2, 0.25) is 0 Å². The number of fused-ring (bicyclic) bond motifs is 1. The van der Waals surface area contributed by atoms with Crippen molar-refractivity contribution in [2.45, 2.75) is 51.1 Å². The minimum atomic E-state index is 0. The Morgan fingerprint density at radius 3 is 2.67 bits per heavy atom. The molecule has 1 atom stereocenters. The van der Waals surface area contributed by atoms with E-state index in [0.717, 1.165) is 70.9 Å². The molecule has 7 heteroatoms. The normalized spacial score (nSPS) is 22.5. The number of hydrogen-bond donors (Lipinski definition) is 2. The number of hydrogen-bond acceptors (Lipinski definition) is 3. The number of carbonyl (C=O) groups excluding carboxylic acids is 1.